The quantitative estimate of drug-likeness (QED) is 0.365. The van der Waals surface area contributed by atoms with E-state index in [-0.39, 0.29) is 0 Å². The lowest BCUT2D eigenvalue weighted by atomic mass is 10.0. The molecule has 0 aromatic rings. The normalized spacial score (nSPS) is 15.7. The van der Waals surface area contributed by atoms with Gasteiger partial charge in [0.15, 0.2) is 0 Å². The zero-order valence-corrected chi connectivity index (χ0v) is 14.4. The van der Waals surface area contributed by atoms with Crippen molar-refractivity contribution in [1.82, 2.24) is 5.32 Å². The topological polar surface area (TPSA) is 80.2 Å². The SMILES string of the molecule is CCNCC(O)COCCOCC(O)CCC(C)COCC. The van der Waals surface area contributed by atoms with Gasteiger partial charge < -0.3 is 29.7 Å². The van der Waals surface area contributed by atoms with E-state index in [1.54, 1.807) is 0 Å². The molecule has 0 heterocycles. The Labute approximate surface area is 135 Å². The van der Waals surface area contributed by atoms with E-state index in [1.807, 2.05) is 13.8 Å². The summed E-state index contributed by atoms with van der Waals surface area (Å²) in [5.74, 6) is 0.455. The molecule has 0 aliphatic carbocycles. The minimum atomic E-state index is -0.489. The number of hydrogen-bond donors (Lipinski definition) is 3. The van der Waals surface area contributed by atoms with Crippen molar-refractivity contribution in [3.8, 4) is 0 Å². The van der Waals surface area contributed by atoms with Crippen molar-refractivity contribution in [2.24, 2.45) is 5.92 Å². The number of nitrogens with one attached hydrogen (secondary N) is 1. The van der Waals surface area contributed by atoms with Crippen LogP contribution in [0.25, 0.3) is 0 Å². The maximum Gasteiger partial charge on any atom is 0.0897 e. The van der Waals surface area contributed by atoms with Gasteiger partial charge in [-0.1, -0.05) is 13.8 Å². The first-order valence-corrected chi connectivity index (χ1v) is 8.40. The van der Waals surface area contributed by atoms with Gasteiger partial charge in [-0.2, -0.15) is 0 Å². The largest absolute Gasteiger partial charge is 0.391 e. The van der Waals surface area contributed by atoms with E-state index in [4.69, 9.17) is 14.2 Å². The van der Waals surface area contributed by atoms with Crippen LogP contribution in [0.3, 0.4) is 0 Å². The van der Waals surface area contributed by atoms with Gasteiger partial charge in [0.2, 0.25) is 0 Å². The molecule has 3 unspecified atom stereocenters. The first-order chi connectivity index (χ1) is 10.6. The number of ether oxygens (including phenoxy) is 3. The van der Waals surface area contributed by atoms with Gasteiger partial charge in [-0.15, -0.1) is 0 Å². The summed E-state index contributed by atoms with van der Waals surface area (Å²) in [6.07, 6.45) is 0.717. The Kier molecular flexibility index (Phi) is 15.5. The van der Waals surface area contributed by atoms with Gasteiger partial charge >= 0.3 is 0 Å². The molecule has 134 valence electrons. The smallest absolute Gasteiger partial charge is 0.0897 e. The van der Waals surface area contributed by atoms with E-state index in [9.17, 15) is 10.2 Å². The zero-order chi connectivity index (χ0) is 16.6. The Bertz CT molecular complexity index is 231. The lowest BCUT2D eigenvalue weighted by Gasteiger charge is -2.15. The summed E-state index contributed by atoms with van der Waals surface area (Å²) < 4.78 is 16.0. The van der Waals surface area contributed by atoms with Crippen LogP contribution < -0.4 is 5.32 Å². The van der Waals surface area contributed by atoms with E-state index in [2.05, 4.69) is 12.2 Å². The van der Waals surface area contributed by atoms with Gasteiger partial charge in [0.1, 0.15) is 0 Å². The third kappa shape index (κ3) is 14.7. The molecule has 0 saturated carbocycles. The fourth-order valence-electron chi connectivity index (χ4n) is 1.89. The highest BCUT2D eigenvalue weighted by atomic mass is 16.5. The molecule has 0 spiro atoms. The summed E-state index contributed by atoms with van der Waals surface area (Å²) in [5, 5.41) is 22.4. The van der Waals surface area contributed by atoms with Gasteiger partial charge in [-0.3, -0.25) is 0 Å². The predicted octanol–water partition coefficient (Wildman–Crippen LogP) is 0.804. The second-order valence-corrected chi connectivity index (χ2v) is 5.61. The van der Waals surface area contributed by atoms with Crippen LogP contribution in [-0.2, 0) is 14.2 Å². The molecule has 0 radical (unpaired) electrons. The van der Waals surface area contributed by atoms with Crippen LogP contribution in [0.15, 0.2) is 0 Å². The highest BCUT2D eigenvalue weighted by Crippen LogP contribution is 2.09. The lowest BCUT2D eigenvalue weighted by molar-refractivity contribution is -0.0193. The van der Waals surface area contributed by atoms with Gasteiger partial charge in [0.25, 0.3) is 0 Å². The van der Waals surface area contributed by atoms with E-state index < -0.39 is 12.2 Å². The van der Waals surface area contributed by atoms with E-state index >= 15 is 0 Å². The Morgan fingerprint density at radius 2 is 1.50 bits per heavy atom. The van der Waals surface area contributed by atoms with Crippen LogP contribution in [0.1, 0.15) is 33.6 Å². The monoisotopic (exact) mass is 321 g/mol. The lowest BCUT2D eigenvalue weighted by Crippen LogP contribution is -2.30. The van der Waals surface area contributed by atoms with Crippen LogP contribution >= 0.6 is 0 Å². The van der Waals surface area contributed by atoms with Crippen molar-refractivity contribution in [3.05, 3.63) is 0 Å². The summed E-state index contributed by atoms with van der Waals surface area (Å²) in [6.45, 7) is 10.4. The Morgan fingerprint density at radius 1 is 0.864 bits per heavy atom. The second-order valence-electron chi connectivity index (χ2n) is 5.61. The number of likely N-dealkylation sites (N-methyl/N-ethyl adjacent to an activating group) is 1. The average Bonchev–Trinajstić information content (AvgIpc) is 2.52. The first-order valence-electron chi connectivity index (χ1n) is 8.40. The number of aliphatic hydroxyl groups is 2. The molecular weight excluding hydrogens is 286 g/mol. The van der Waals surface area contributed by atoms with Gasteiger partial charge in [-0.05, 0) is 32.2 Å². The third-order valence-electron chi connectivity index (χ3n) is 3.22. The average molecular weight is 321 g/mol. The van der Waals surface area contributed by atoms with Crippen LogP contribution in [-0.4, -0.2) is 75.2 Å². The summed E-state index contributed by atoms with van der Waals surface area (Å²) in [4.78, 5) is 0. The molecule has 0 rings (SSSR count). The molecule has 6 heteroatoms. The van der Waals surface area contributed by atoms with E-state index in [0.717, 1.165) is 32.6 Å². The molecule has 0 aromatic heterocycles. The highest BCUT2D eigenvalue weighted by Gasteiger charge is 2.08. The molecule has 0 saturated heterocycles. The molecule has 0 aliphatic heterocycles. The van der Waals surface area contributed by atoms with E-state index in [0.29, 0.717) is 38.9 Å². The molecule has 0 fully saturated rings. The minimum Gasteiger partial charge on any atom is -0.391 e. The van der Waals surface area contributed by atoms with Crippen LogP contribution in [0.2, 0.25) is 0 Å². The zero-order valence-electron chi connectivity index (χ0n) is 14.4. The highest BCUT2D eigenvalue weighted by molar-refractivity contribution is 4.59. The first kappa shape index (κ1) is 21.8. The van der Waals surface area contributed by atoms with Crippen molar-refractivity contribution >= 4 is 0 Å². The number of aliphatic hydroxyl groups excluding tert-OH is 2. The van der Waals surface area contributed by atoms with Crippen LogP contribution in [0.5, 0.6) is 0 Å². The molecular formula is C16H35NO5. The molecule has 0 aromatic carbocycles. The van der Waals surface area contributed by atoms with Gasteiger partial charge in [0.05, 0.1) is 38.6 Å². The van der Waals surface area contributed by atoms with Crippen molar-refractivity contribution in [2.75, 3.05) is 52.7 Å². The maximum absolute atomic E-state index is 9.81. The standard InChI is InChI=1S/C16H35NO5/c1-4-17-10-16(19)13-22-9-8-21-12-15(18)7-6-14(3)11-20-5-2/h14-19H,4-13H2,1-3H3. The van der Waals surface area contributed by atoms with Crippen molar-refractivity contribution in [2.45, 2.75) is 45.8 Å². The molecule has 0 amide bonds. The number of hydrogen-bond acceptors (Lipinski definition) is 6. The van der Waals surface area contributed by atoms with Crippen LogP contribution in [0.4, 0.5) is 0 Å². The maximum atomic E-state index is 9.81. The van der Waals surface area contributed by atoms with Crippen molar-refractivity contribution < 1.29 is 24.4 Å². The van der Waals surface area contributed by atoms with Gasteiger partial charge in [-0.25, -0.2) is 0 Å². The molecule has 0 bridgehead atoms. The predicted molar refractivity (Wildman–Crippen MR) is 87.1 cm³/mol. The molecule has 3 atom stereocenters. The van der Waals surface area contributed by atoms with Crippen molar-refractivity contribution in [3.63, 3.8) is 0 Å². The number of rotatable bonds is 16. The third-order valence-corrected chi connectivity index (χ3v) is 3.22. The Balaban J connectivity index is 3.36. The minimum absolute atomic E-state index is 0.299. The van der Waals surface area contributed by atoms with Crippen LogP contribution in [0, 0.1) is 5.92 Å². The summed E-state index contributed by atoms with van der Waals surface area (Å²) in [6, 6.07) is 0. The second kappa shape index (κ2) is 15.6. The summed E-state index contributed by atoms with van der Waals surface area (Å²) >= 11 is 0. The fourth-order valence-corrected chi connectivity index (χ4v) is 1.89. The molecule has 6 nitrogen and oxygen atoms in total. The Morgan fingerprint density at radius 3 is 2.09 bits per heavy atom. The molecule has 3 N–H and O–H groups in total. The van der Waals surface area contributed by atoms with Gasteiger partial charge in [0, 0.05) is 19.8 Å². The summed E-state index contributed by atoms with van der Waals surface area (Å²) in [5.41, 5.74) is 0. The Hall–Kier alpha value is -0.240. The van der Waals surface area contributed by atoms with E-state index in [1.165, 1.54) is 0 Å². The molecule has 22 heavy (non-hydrogen) atoms. The molecule has 0 aliphatic rings. The summed E-state index contributed by atoms with van der Waals surface area (Å²) in [7, 11) is 0. The van der Waals surface area contributed by atoms with Crippen molar-refractivity contribution in [1.29, 1.82) is 0 Å². The fraction of sp³-hybridized carbons (Fsp3) is 1.00.